The molecule has 0 aromatic heterocycles. The van der Waals surface area contributed by atoms with Gasteiger partial charge in [0.1, 0.15) is 0 Å². The van der Waals surface area contributed by atoms with Crippen LogP contribution in [0.5, 0.6) is 0 Å². The fraction of sp³-hybridized carbons (Fsp3) is 0.364. The zero-order chi connectivity index (χ0) is 12.1. The van der Waals surface area contributed by atoms with Crippen molar-refractivity contribution in [2.75, 3.05) is 25.5 Å². The lowest BCUT2D eigenvalue weighted by molar-refractivity contribution is -0.116. The van der Waals surface area contributed by atoms with Crippen LogP contribution in [-0.2, 0) is 11.3 Å². The summed E-state index contributed by atoms with van der Waals surface area (Å²) in [6.07, 6.45) is 0. The molecule has 0 unspecified atom stereocenters. The molecule has 5 heteroatoms. The van der Waals surface area contributed by atoms with Gasteiger partial charge in [-0.2, -0.15) is 0 Å². The van der Waals surface area contributed by atoms with Gasteiger partial charge in [0.05, 0.1) is 6.54 Å². The Bertz CT molecular complexity index is 381. The lowest BCUT2D eigenvalue weighted by Crippen LogP contribution is -2.31. The highest BCUT2D eigenvalue weighted by atomic mass is 79.9. The third-order valence-corrected chi connectivity index (χ3v) is 2.71. The average Bonchev–Trinajstić information content (AvgIpc) is 2.17. The van der Waals surface area contributed by atoms with Crippen molar-refractivity contribution in [3.05, 3.63) is 28.2 Å². The molecular formula is C11H16BrN3O. The van der Waals surface area contributed by atoms with E-state index in [0.29, 0.717) is 0 Å². The number of nitrogens with zero attached hydrogens (tertiary/aromatic N) is 1. The van der Waals surface area contributed by atoms with Crippen LogP contribution in [0, 0.1) is 0 Å². The summed E-state index contributed by atoms with van der Waals surface area (Å²) in [6.45, 7) is 0.968. The number of hydrogen-bond donors (Lipinski definition) is 2. The predicted molar refractivity (Wildman–Crippen MR) is 69.4 cm³/mol. The maximum absolute atomic E-state index is 10.9. The topological polar surface area (TPSA) is 58.4 Å². The SMILES string of the molecule is CNCc1cc(Br)ccc1N(C)CC(N)=O. The fourth-order valence-electron chi connectivity index (χ4n) is 1.58. The highest BCUT2D eigenvalue weighted by Gasteiger charge is 2.09. The third kappa shape index (κ3) is 3.50. The Morgan fingerprint density at radius 3 is 2.81 bits per heavy atom. The van der Waals surface area contributed by atoms with Crippen LogP contribution in [0.1, 0.15) is 5.56 Å². The highest BCUT2D eigenvalue weighted by molar-refractivity contribution is 9.10. The number of halogens is 1. The Kier molecular flexibility index (Phi) is 4.76. The molecule has 1 rings (SSSR count). The largest absolute Gasteiger partial charge is 0.368 e. The normalized spacial score (nSPS) is 10.2. The molecule has 0 radical (unpaired) electrons. The number of anilines is 1. The molecule has 1 amide bonds. The fourth-order valence-corrected chi connectivity index (χ4v) is 1.99. The van der Waals surface area contributed by atoms with Crippen molar-refractivity contribution >= 4 is 27.5 Å². The van der Waals surface area contributed by atoms with Gasteiger partial charge < -0.3 is 16.0 Å². The smallest absolute Gasteiger partial charge is 0.236 e. The molecule has 0 saturated carbocycles. The van der Waals surface area contributed by atoms with Crippen molar-refractivity contribution in [3.63, 3.8) is 0 Å². The summed E-state index contributed by atoms with van der Waals surface area (Å²) in [5.74, 6) is -0.333. The molecule has 1 aromatic rings. The van der Waals surface area contributed by atoms with Gasteiger partial charge in [0.25, 0.3) is 0 Å². The Morgan fingerprint density at radius 2 is 2.25 bits per heavy atom. The number of carbonyl (C=O) groups is 1. The van der Waals surface area contributed by atoms with E-state index < -0.39 is 0 Å². The van der Waals surface area contributed by atoms with Crippen LogP contribution in [0.15, 0.2) is 22.7 Å². The molecule has 88 valence electrons. The molecule has 0 fully saturated rings. The molecule has 0 atom stereocenters. The molecule has 3 N–H and O–H groups in total. The van der Waals surface area contributed by atoms with Crippen molar-refractivity contribution in [1.82, 2.24) is 5.32 Å². The van der Waals surface area contributed by atoms with Crippen LogP contribution in [-0.4, -0.2) is 26.5 Å². The number of hydrogen-bond acceptors (Lipinski definition) is 3. The number of carbonyl (C=O) groups excluding carboxylic acids is 1. The Morgan fingerprint density at radius 1 is 1.56 bits per heavy atom. The van der Waals surface area contributed by atoms with Crippen molar-refractivity contribution in [2.45, 2.75) is 6.54 Å². The Labute approximate surface area is 104 Å². The number of nitrogens with two attached hydrogens (primary N) is 1. The van der Waals surface area contributed by atoms with E-state index in [1.807, 2.05) is 37.2 Å². The second kappa shape index (κ2) is 5.86. The second-order valence-corrected chi connectivity index (χ2v) is 4.54. The first-order valence-corrected chi connectivity index (χ1v) is 5.76. The van der Waals surface area contributed by atoms with Gasteiger partial charge in [0, 0.05) is 23.8 Å². The first kappa shape index (κ1) is 13.0. The van der Waals surface area contributed by atoms with Crippen molar-refractivity contribution in [3.8, 4) is 0 Å². The van der Waals surface area contributed by atoms with Gasteiger partial charge >= 0.3 is 0 Å². The van der Waals surface area contributed by atoms with Crippen LogP contribution in [0.4, 0.5) is 5.69 Å². The average molecular weight is 286 g/mol. The van der Waals surface area contributed by atoms with Gasteiger partial charge in [0.15, 0.2) is 0 Å². The van der Waals surface area contributed by atoms with E-state index in [1.54, 1.807) is 0 Å². The van der Waals surface area contributed by atoms with E-state index in [-0.39, 0.29) is 12.5 Å². The Hall–Kier alpha value is -1.07. The lowest BCUT2D eigenvalue weighted by atomic mass is 10.1. The Balaban J connectivity index is 2.96. The minimum absolute atomic E-state index is 0.221. The van der Waals surface area contributed by atoms with E-state index in [2.05, 4.69) is 21.2 Å². The van der Waals surface area contributed by atoms with Crippen LogP contribution in [0.25, 0.3) is 0 Å². The quantitative estimate of drug-likeness (QED) is 0.852. The van der Waals surface area contributed by atoms with E-state index >= 15 is 0 Å². The predicted octanol–water partition coefficient (Wildman–Crippen LogP) is 1.09. The number of benzene rings is 1. The summed E-state index contributed by atoms with van der Waals surface area (Å²) in [7, 11) is 3.74. The van der Waals surface area contributed by atoms with Crippen molar-refractivity contribution in [1.29, 1.82) is 0 Å². The number of primary amides is 1. The van der Waals surface area contributed by atoms with Crippen LogP contribution < -0.4 is 16.0 Å². The lowest BCUT2D eigenvalue weighted by Gasteiger charge is -2.21. The molecule has 0 bridgehead atoms. The summed E-state index contributed by atoms with van der Waals surface area (Å²) >= 11 is 3.43. The van der Waals surface area contributed by atoms with E-state index in [9.17, 15) is 4.79 Å². The zero-order valence-corrected chi connectivity index (χ0v) is 11.0. The van der Waals surface area contributed by atoms with Gasteiger partial charge in [-0.15, -0.1) is 0 Å². The zero-order valence-electron chi connectivity index (χ0n) is 9.46. The van der Waals surface area contributed by atoms with E-state index in [0.717, 1.165) is 22.3 Å². The highest BCUT2D eigenvalue weighted by Crippen LogP contribution is 2.23. The molecule has 1 aromatic carbocycles. The van der Waals surface area contributed by atoms with Gasteiger partial charge in [-0.05, 0) is 30.8 Å². The van der Waals surface area contributed by atoms with Crippen molar-refractivity contribution in [2.24, 2.45) is 5.73 Å². The maximum Gasteiger partial charge on any atom is 0.236 e. The summed E-state index contributed by atoms with van der Waals surface area (Å²) < 4.78 is 1.02. The van der Waals surface area contributed by atoms with Gasteiger partial charge in [-0.3, -0.25) is 4.79 Å². The number of likely N-dealkylation sites (N-methyl/N-ethyl adjacent to an activating group) is 1. The summed E-state index contributed by atoms with van der Waals surface area (Å²) in [5, 5.41) is 3.10. The van der Waals surface area contributed by atoms with Gasteiger partial charge in [-0.25, -0.2) is 0 Å². The summed E-state index contributed by atoms with van der Waals surface area (Å²) in [4.78, 5) is 12.7. The minimum atomic E-state index is -0.333. The number of rotatable bonds is 5. The molecular weight excluding hydrogens is 270 g/mol. The number of amides is 1. The molecule has 0 saturated heterocycles. The summed E-state index contributed by atoms with van der Waals surface area (Å²) in [6, 6.07) is 5.95. The minimum Gasteiger partial charge on any atom is -0.368 e. The molecule has 0 aliphatic heterocycles. The van der Waals surface area contributed by atoms with Crippen LogP contribution >= 0.6 is 15.9 Å². The molecule has 0 aliphatic carbocycles. The van der Waals surface area contributed by atoms with Crippen LogP contribution in [0.2, 0.25) is 0 Å². The number of nitrogens with one attached hydrogen (secondary N) is 1. The molecule has 16 heavy (non-hydrogen) atoms. The maximum atomic E-state index is 10.9. The molecule has 0 aliphatic rings. The molecule has 0 spiro atoms. The third-order valence-electron chi connectivity index (χ3n) is 2.21. The summed E-state index contributed by atoms with van der Waals surface area (Å²) in [5.41, 5.74) is 7.32. The second-order valence-electron chi connectivity index (χ2n) is 3.63. The molecule has 4 nitrogen and oxygen atoms in total. The first-order valence-electron chi connectivity index (χ1n) is 4.97. The first-order chi connectivity index (χ1) is 7.54. The molecule has 0 heterocycles. The van der Waals surface area contributed by atoms with Gasteiger partial charge in [-0.1, -0.05) is 15.9 Å². The van der Waals surface area contributed by atoms with Gasteiger partial charge in [0.2, 0.25) is 5.91 Å². The van der Waals surface area contributed by atoms with Crippen molar-refractivity contribution < 1.29 is 4.79 Å². The van der Waals surface area contributed by atoms with E-state index in [1.165, 1.54) is 0 Å². The monoisotopic (exact) mass is 285 g/mol. The van der Waals surface area contributed by atoms with Crippen LogP contribution in [0.3, 0.4) is 0 Å². The standard InChI is InChI=1S/C11H16BrN3O/c1-14-6-8-5-9(12)3-4-10(8)15(2)7-11(13)16/h3-5,14H,6-7H2,1-2H3,(H2,13,16). The van der Waals surface area contributed by atoms with E-state index in [4.69, 9.17) is 5.73 Å².